The third kappa shape index (κ3) is 8.56. The summed E-state index contributed by atoms with van der Waals surface area (Å²) >= 11 is 0.972. The molecule has 3 N–H and O–H groups in total. The van der Waals surface area contributed by atoms with Crippen LogP contribution in [0.25, 0.3) is 0 Å². The van der Waals surface area contributed by atoms with Gasteiger partial charge in [-0.25, -0.2) is 0 Å². The summed E-state index contributed by atoms with van der Waals surface area (Å²) in [5.41, 5.74) is 0. The van der Waals surface area contributed by atoms with Crippen molar-refractivity contribution < 1.29 is 24.6 Å². The van der Waals surface area contributed by atoms with Crippen molar-refractivity contribution >= 4 is 29.6 Å². The van der Waals surface area contributed by atoms with E-state index in [-0.39, 0.29) is 30.5 Å². The van der Waals surface area contributed by atoms with Crippen molar-refractivity contribution in [1.82, 2.24) is 5.32 Å². The first-order valence-electron chi connectivity index (χ1n) is 5.18. The third-order valence-electron chi connectivity index (χ3n) is 1.73. The molecule has 17 heavy (non-hydrogen) atoms. The van der Waals surface area contributed by atoms with Crippen LogP contribution in [0.2, 0.25) is 0 Å². The van der Waals surface area contributed by atoms with Crippen molar-refractivity contribution in [2.24, 2.45) is 0 Å². The molecule has 0 saturated carbocycles. The van der Waals surface area contributed by atoms with Gasteiger partial charge in [-0.2, -0.15) is 0 Å². The van der Waals surface area contributed by atoms with Crippen molar-refractivity contribution in [2.75, 3.05) is 5.75 Å². The SMILES string of the molecule is CC(C)NC(=O)CC(SCCC(=O)O)C(=O)O. The minimum atomic E-state index is -1.10. The molecule has 0 aromatic carbocycles. The lowest BCUT2D eigenvalue weighted by Crippen LogP contribution is -2.34. The summed E-state index contributed by atoms with van der Waals surface area (Å²) in [6.07, 6.45) is -0.252. The fourth-order valence-corrected chi connectivity index (χ4v) is 2.04. The number of carbonyl (C=O) groups excluding carboxylic acids is 1. The molecule has 7 heteroatoms. The maximum atomic E-state index is 11.4. The molecule has 0 spiro atoms. The van der Waals surface area contributed by atoms with Crippen LogP contribution in [0, 0.1) is 0 Å². The second-order valence-corrected chi connectivity index (χ2v) is 5.08. The number of nitrogens with one attached hydrogen (secondary N) is 1. The summed E-state index contributed by atoms with van der Waals surface area (Å²) in [5, 5.41) is 19.0. The first kappa shape index (κ1) is 15.8. The summed E-state index contributed by atoms with van der Waals surface area (Å²) in [5.74, 6) is -2.23. The second kappa shape index (κ2) is 7.94. The monoisotopic (exact) mass is 263 g/mol. The van der Waals surface area contributed by atoms with E-state index < -0.39 is 17.2 Å². The van der Waals surface area contributed by atoms with Crippen LogP contribution >= 0.6 is 11.8 Å². The van der Waals surface area contributed by atoms with Gasteiger partial charge >= 0.3 is 11.9 Å². The van der Waals surface area contributed by atoms with E-state index in [9.17, 15) is 14.4 Å². The van der Waals surface area contributed by atoms with Gasteiger partial charge in [0, 0.05) is 18.2 Å². The molecule has 1 amide bonds. The van der Waals surface area contributed by atoms with Crippen molar-refractivity contribution in [3.05, 3.63) is 0 Å². The standard InChI is InChI=1S/C10H17NO5S/c1-6(2)11-8(12)5-7(10(15)16)17-4-3-9(13)14/h6-7H,3-5H2,1-2H3,(H,11,12)(H,13,14)(H,15,16). The van der Waals surface area contributed by atoms with Gasteiger partial charge in [-0.3, -0.25) is 14.4 Å². The van der Waals surface area contributed by atoms with Gasteiger partial charge in [-0.15, -0.1) is 11.8 Å². The minimum Gasteiger partial charge on any atom is -0.481 e. The van der Waals surface area contributed by atoms with Gasteiger partial charge in [0.25, 0.3) is 0 Å². The summed E-state index contributed by atoms with van der Waals surface area (Å²) in [6, 6.07) is -0.0408. The number of hydrogen-bond donors (Lipinski definition) is 3. The van der Waals surface area contributed by atoms with Gasteiger partial charge in [0.15, 0.2) is 0 Å². The van der Waals surface area contributed by atoms with Gasteiger partial charge in [0.1, 0.15) is 5.25 Å². The average molecular weight is 263 g/mol. The Kier molecular flexibility index (Phi) is 7.36. The first-order chi connectivity index (χ1) is 7.82. The van der Waals surface area contributed by atoms with E-state index in [1.54, 1.807) is 13.8 Å². The molecule has 0 radical (unpaired) electrons. The molecular formula is C10H17NO5S. The number of amides is 1. The molecule has 0 aliphatic carbocycles. The molecule has 0 rings (SSSR count). The maximum absolute atomic E-state index is 11.4. The zero-order valence-corrected chi connectivity index (χ0v) is 10.6. The van der Waals surface area contributed by atoms with E-state index in [2.05, 4.69) is 5.32 Å². The Bertz CT molecular complexity index is 292. The molecule has 6 nitrogen and oxygen atoms in total. The van der Waals surface area contributed by atoms with E-state index in [1.165, 1.54) is 0 Å². The summed E-state index contributed by atoms with van der Waals surface area (Å²) < 4.78 is 0. The fraction of sp³-hybridized carbons (Fsp3) is 0.700. The summed E-state index contributed by atoms with van der Waals surface area (Å²) in [7, 11) is 0. The quantitative estimate of drug-likeness (QED) is 0.591. The van der Waals surface area contributed by atoms with Gasteiger partial charge in [-0.1, -0.05) is 0 Å². The van der Waals surface area contributed by atoms with Crippen LogP contribution in [-0.2, 0) is 14.4 Å². The van der Waals surface area contributed by atoms with E-state index in [0.29, 0.717) is 0 Å². The lowest BCUT2D eigenvalue weighted by Gasteiger charge is -2.13. The Labute approximate surface area is 104 Å². The van der Waals surface area contributed by atoms with Crippen LogP contribution in [0.4, 0.5) is 0 Å². The summed E-state index contributed by atoms with van der Waals surface area (Å²) in [6.45, 7) is 3.57. The van der Waals surface area contributed by atoms with Gasteiger partial charge in [0.2, 0.25) is 5.91 Å². The molecule has 98 valence electrons. The molecule has 0 aliphatic heterocycles. The average Bonchev–Trinajstić information content (AvgIpc) is 2.13. The lowest BCUT2D eigenvalue weighted by atomic mass is 10.2. The van der Waals surface area contributed by atoms with Crippen LogP contribution in [0.15, 0.2) is 0 Å². The highest BCUT2D eigenvalue weighted by molar-refractivity contribution is 8.00. The molecule has 0 aromatic heterocycles. The normalized spacial score (nSPS) is 12.2. The molecular weight excluding hydrogens is 246 g/mol. The predicted molar refractivity (Wildman–Crippen MR) is 64.0 cm³/mol. The molecule has 0 aromatic rings. The Hall–Kier alpha value is -1.24. The number of thioether (sulfide) groups is 1. The van der Waals surface area contributed by atoms with Crippen LogP contribution < -0.4 is 5.32 Å². The Balaban J connectivity index is 4.11. The molecule has 0 fully saturated rings. The van der Waals surface area contributed by atoms with Crippen molar-refractivity contribution in [2.45, 2.75) is 38.0 Å². The van der Waals surface area contributed by atoms with E-state index in [1.807, 2.05) is 0 Å². The van der Waals surface area contributed by atoms with Gasteiger partial charge in [-0.05, 0) is 13.8 Å². The van der Waals surface area contributed by atoms with Crippen molar-refractivity contribution in [3.8, 4) is 0 Å². The number of carbonyl (C=O) groups is 3. The van der Waals surface area contributed by atoms with Crippen LogP contribution in [0.1, 0.15) is 26.7 Å². The van der Waals surface area contributed by atoms with E-state index in [4.69, 9.17) is 10.2 Å². The van der Waals surface area contributed by atoms with Gasteiger partial charge < -0.3 is 15.5 Å². The number of carboxylic acid groups (broad SMARTS) is 2. The molecule has 0 saturated heterocycles. The highest BCUT2D eigenvalue weighted by Gasteiger charge is 2.22. The molecule has 0 heterocycles. The first-order valence-corrected chi connectivity index (χ1v) is 6.23. The lowest BCUT2D eigenvalue weighted by molar-refractivity contribution is -0.138. The fourth-order valence-electron chi connectivity index (χ4n) is 1.06. The Morgan fingerprint density at radius 2 is 1.82 bits per heavy atom. The van der Waals surface area contributed by atoms with Crippen LogP contribution in [-0.4, -0.2) is 45.1 Å². The van der Waals surface area contributed by atoms with Crippen molar-refractivity contribution in [3.63, 3.8) is 0 Å². The molecule has 0 bridgehead atoms. The number of rotatable bonds is 8. The number of carboxylic acids is 2. The Morgan fingerprint density at radius 1 is 1.24 bits per heavy atom. The number of aliphatic carboxylic acids is 2. The topological polar surface area (TPSA) is 104 Å². The van der Waals surface area contributed by atoms with Gasteiger partial charge in [0.05, 0.1) is 6.42 Å². The minimum absolute atomic E-state index is 0.0408. The Morgan fingerprint density at radius 3 is 2.24 bits per heavy atom. The zero-order valence-electron chi connectivity index (χ0n) is 9.80. The van der Waals surface area contributed by atoms with Crippen LogP contribution in [0.5, 0.6) is 0 Å². The molecule has 0 aliphatic rings. The van der Waals surface area contributed by atoms with Crippen molar-refractivity contribution in [1.29, 1.82) is 0 Å². The van der Waals surface area contributed by atoms with Crippen LogP contribution in [0.3, 0.4) is 0 Å². The largest absolute Gasteiger partial charge is 0.481 e. The third-order valence-corrected chi connectivity index (χ3v) is 2.94. The smallest absolute Gasteiger partial charge is 0.317 e. The van der Waals surface area contributed by atoms with E-state index in [0.717, 1.165) is 11.8 Å². The highest BCUT2D eigenvalue weighted by atomic mass is 32.2. The number of hydrogen-bond acceptors (Lipinski definition) is 4. The highest BCUT2D eigenvalue weighted by Crippen LogP contribution is 2.16. The molecule has 1 atom stereocenters. The molecule has 1 unspecified atom stereocenters. The maximum Gasteiger partial charge on any atom is 0.317 e. The van der Waals surface area contributed by atoms with E-state index >= 15 is 0 Å². The predicted octanol–water partition coefficient (Wildman–Crippen LogP) is 0.562. The second-order valence-electron chi connectivity index (χ2n) is 3.77. The zero-order chi connectivity index (χ0) is 13.4. The summed E-state index contributed by atoms with van der Waals surface area (Å²) in [4.78, 5) is 32.5.